The molecule has 0 bridgehead atoms. The van der Waals surface area contributed by atoms with E-state index in [0.717, 1.165) is 51.1 Å². The highest BCUT2D eigenvalue weighted by molar-refractivity contribution is 6.69. The fourth-order valence-electron chi connectivity index (χ4n) is 4.32. The Morgan fingerprint density at radius 2 is 1.29 bits per heavy atom. The van der Waals surface area contributed by atoms with Gasteiger partial charge in [0.25, 0.3) is 0 Å². The molecule has 0 saturated carbocycles. The zero-order chi connectivity index (χ0) is 49.9. The molecule has 62 heavy (non-hydrogen) atoms. The van der Waals surface area contributed by atoms with Crippen molar-refractivity contribution in [3.8, 4) is 0 Å². The molecule has 0 aromatic carbocycles. The van der Waals surface area contributed by atoms with Crippen molar-refractivity contribution in [2.24, 2.45) is 11.8 Å². The zero-order valence-electron chi connectivity index (χ0n) is 41.5. The van der Waals surface area contributed by atoms with Gasteiger partial charge in [0, 0.05) is 59.8 Å². The van der Waals surface area contributed by atoms with Gasteiger partial charge in [-0.1, -0.05) is 103 Å². The largest absolute Gasteiger partial charge is 0.467 e. The van der Waals surface area contributed by atoms with Crippen molar-refractivity contribution in [2.45, 2.75) is 144 Å². The van der Waals surface area contributed by atoms with Crippen LogP contribution in [0.3, 0.4) is 0 Å². The van der Waals surface area contributed by atoms with Gasteiger partial charge in [0.05, 0.1) is 14.2 Å². The van der Waals surface area contributed by atoms with Gasteiger partial charge < -0.3 is 33.5 Å². The van der Waals surface area contributed by atoms with Crippen LogP contribution in [0.1, 0.15) is 106 Å². The van der Waals surface area contributed by atoms with E-state index in [4.69, 9.17) is 14.3 Å². The summed E-state index contributed by atoms with van der Waals surface area (Å²) in [6.45, 7) is 37.6. The number of methoxy groups -OCH3 is 2. The lowest BCUT2D eigenvalue weighted by Crippen LogP contribution is -2.35. The number of aliphatic hydroxyl groups is 1. The Balaban J connectivity index is -0.000000153. The third-order valence-electron chi connectivity index (χ3n) is 7.94. The van der Waals surface area contributed by atoms with E-state index >= 15 is 0 Å². The van der Waals surface area contributed by atoms with Crippen molar-refractivity contribution < 1.29 is 52.5 Å². The highest BCUT2D eigenvalue weighted by atomic mass is 28.4. The number of allylic oxidation sites excluding steroid dienone is 4. The number of hydrogen-bond acceptors (Lipinski definition) is 11. The van der Waals surface area contributed by atoms with Crippen LogP contribution in [-0.2, 0) is 47.4 Å². The van der Waals surface area contributed by atoms with Crippen LogP contribution in [0.5, 0.6) is 0 Å². The van der Waals surface area contributed by atoms with Crippen molar-refractivity contribution in [3.05, 3.63) is 75.4 Å². The number of hydrogen-bond donors (Lipinski definition) is 1. The maximum Gasteiger partial charge on any atom is 0.338 e. The van der Waals surface area contributed by atoms with E-state index in [1.807, 2.05) is 60.5 Å². The van der Waals surface area contributed by atoms with E-state index in [9.17, 15) is 28.8 Å². The highest BCUT2D eigenvalue weighted by Gasteiger charge is 2.24. The van der Waals surface area contributed by atoms with E-state index in [2.05, 4.69) is 62.3 Å². The van der Waals surface area contributed by atoms with E-state index in [1.165, 1.54) is 27.2 Å². The molecular formula is C48H88N2O11Si. The summed E-state index contributed by atoms with van der Waals surface area (Å²) in [4.78, 5) is 68.4. The maximum atomic E-state index is 11.6. The molecule has 0 radical (unpaired) electrons. The van der Waals surface area contributed by atoms with Gasteiger partial charge in [-0.25, -0.2) is 9.59 Å². The molecule has 0 aliphatic carbocycles. The Bertz CT molecular complexity index is 1290. The zero-order valence-corrected chi connectivity index (χ0v) is 42.5. The number of aliphatic hydroxyl groups excluding tert-OH is 1. The summed E-state index contributed by atoms with van der Waals surface area (Å²) in [5, 5.41) is 8.53. The lowest BCUT2D eigenvalue weighted by Gasteiger charge is -2.21. The highest BCUT2D eigenvalue weighted by Crippen LogP contribution is 2.14. The first-order valence-corrected chi connectivity index (χ1v) is 24.7. The van der Waals surface area contributed by atoms with Crippen molar-refractivity contribution in [3.63, 3.8) is 0 Å². The number of carbonyl (C=O) groups is 6. The summed E-state index contributed by atoms with van der Waals surface area (Å²) in [5.74, 6) is -0.0496. The molecule has 13 nitrogen and oxygen atoms in total. The summed E-state index contributed by atoms with van der Waals surface area (Å²) in [7, 11) is 6.22. The normalized spacial score (nSPS) is 12.3. The fourth-order valence-corrected chi connectivity index (χ4v) is 5.27. The third kappa shape index (κ3) is 46.7. The molecule has 0 heterocycles. The average Bonchev–Trinajstić information content (AvgIpc) is 3.24. The van der Waals surface area contributed by atoms with Crippen LogP contribution >= 0.6 is 0 Å². The van der Waals surface area contributed by atoms with Crippen LogP contribution in [0.2, 0.25) is 19.6 Å². The molecule has 0 aliphatic rings. The van der Waals surface area contributed by atoms with Gasteiger partial charge in [-0.05, 0) is 65.1 Å². The summed E-state index contributed by atoms with van der Waals surface area (Å²) < 4.78 is 19.0. The van der Waals surface area contributed by atoms with Gasteiger partial charge in [0.15, 0.2) is 20.5 Å². The molecule has 5 unspecified atom stereocenters. The summed E-state index contributed by atoms with van der Waals surface area (Å²) >= 11 is 0. The number of ether oxygens (including phenoxy) is 3. The van der Waals surface area contributed by atoms with E-state index in [-0.39, 0.29) is 35.8 Å². The first-order valence-electron chi connectivity index (χ1n) is 21.3. The SMILES string of the molecule is C/C=C/C(CCC)CC(=O)N(C)CC.C=CC(CC)OC(C)=O.C=CC(CCC)C(=O)CC.C=CC(O)C(=O)OC.C=CC(O[Si](C)(C)C)C(=O)OC.C=CCCC(=O)N(C)C. The molecule has 0 fully saturated rings. The number of rotatable bonds is 23. The molecular weight excluding hydrogens is 809 g/mol. The third-order valence-corrected chi connectivity index (χ3v) is 8.91. The van der Waals surface area contributed by atoms with Crippen LogP contribution in [0.15, 0.2) is 75.4 Å². The second-order valence-corrected chi connectivity index (χ2v) is 19.1. The van der Waals surface area contributed by atoms with Crippen LogP contribution in [-0.4, -0.2) is 119 Å². The topological polar surface area (TPSA) is 166 Å². The fraction of sp³-hybridized carbons (Fsp3) is 0.625. The number of ketones is 1. The number of Topliss-reactive ketones (excluding diaryl/α,β-unsaturated/α-hetero) is 1. The minimum absolute atomic E-state index is 0.106. The van der Waals surface area contributed by atoms with Gasteiger partial charge >= 0.3 is 17.9 Å². The molecule has 0 aliphatic heterocycles. The monoisotopic (exact) mass is 897 g/mol. The second kappa shape index (κ2) is 46.1. The number of nitrogens with zero attached hydrogens (tertiary/aromatic N) is 2. The summed E-state index contributed by atoms with van der Waals surface area (Å²) in [5.41, 5.74) is 0. The standard InChI is InChI=1S/C12H23NO.C9H16O.C8H16O3Si.C7H13NO.C7H12O2.C5H8O3/c1-5-8-11(9-6-2)10-12(14)13(4)7-3;1-4-7-8(5-2)9(10)6-3;1-6-7(8(9)10-2)11-12(3,4)5;1-4-5-6-7(9)8(2)3;1-4-7(5-2)9-6(3)8;1-3-4(6)5(7)8-2/h5,8,11H,6-7,9-10H2,1-4H3;5,8H,2,4,6-7H2,1,3H3;6-7H,1H2,2-5H3;4H,1,5-6H2,2-3H3;4,7H,1,5H2,2-3H3;3-4,6H,1H2,2H3/b8-5+;;;;;. The van der Waals surface area contributed by atoms with Gasteiger partial charge in [0.2, 0.25) is 11.8 Å². The van der Waals surface area contributed by atoms with Crippen LogP contribution in [0.25, 0.3) is 0 Å². The number of carbonyl (C=O) groups excluding carboxylic acids is 6. The number of amides is 2. The first-order chi connectivity index (χ1) is 28.9. The maximum absolute atomic E-state index is 11.6. The van der Waals surface area contributed by atoms with Gasteiger partial charge in [-0.3, -0.25) is 19.2 Å². The molecule has 360 valence electrons. The van der Waals surface area contributed by atoms with Gasteiger partial charge in [-0.2, -0.15) is 0 Å². The second-order valence-electron chi connectivity index (χ2n) is 14.7. The molecule has 1 N–H and O–H groups in total. The predicted octanol–water partition coefficient (Wildman–Crippen LogP) is 9.24. The first kappa shape index (κ1) is 69.3. The Labute approximate surface area is 378 Å². The molecule has 0 spiro atoms. The lowest BCUT2D eigenvalue weighted by molar-refractivity contribution is -0.148. The Kier molecular flexibility index (Phi) is 51.5. The summed E-state index contributed by atoms with van der Waals surface area (Å²) in [6.07, 6.45) is 17.7. The van der Waals surface area contributed by atoms with Crippen molar-refractivity contribution >= 4 is 43.8 Å². The smallest absolute Gasteiger partial charge is 0.338 e. The summed E-state index contributed by atoms with van der Waals surface area (Å²) in [6, 6.07) is 0. The van der Waals surface area contributed by atoms with Crippen molar-refractivity contribution in [1.82, 2.24) is 9.80 Å². The van der Waals surface area contributed by atoms with Crippen molar-refractivity contribution in [1.29, 1.82) is 0 Å². The molecule has 0 rings (SSSR count). The van der Waals surface area contributed by atoms with Crippen LogP contribution in [0.4, 0.5) is 0 Å². The van der Waals surface area contributed by atoms with E-state index in [0.29, 0.717) is 31.0 Å². The molecule has 2 amide bonds. The van der Waals surface area contributed by atoms with E-state index < -0.39 is 26.5 Å². The minimum atomic E-state index is -1.69. The van der Waals surface area contributed by atoms with Gasteiger partial charge in [-0.15, -0.1) is 13.2 Å². The molecule has 5 atom stereocenters. The lowest BCUT2D eigenvalue weighted by atomic mass is 9.97. The Hall–Kier alpha value is -4.40. The molecule has 0 aromatic heterocycles. The average molecular weight is 897 g/mol. The van der Waals surface area contributed by atoms with Crippen LogP contribution < -0.4 is 0 Å². The minimum Gasteiger partial charge on any atom is -0.467 e. The van der Waals surface area contributed by atoms with Gasteiger partial charge in [0.1, 0.15) is 11.9 Å². The van der Waals surface area contributed by atoms with E-state index in [1.54, 1.807) is 42.1 Å². The quantitative estimate of drug-likeness (QED) is 0.0450. The van der Waals surface area contributed by atoms with Crippen LogP contribution in [0, 0.1) is 11.8 Å². The Morgan fingerprint density at radius 3 is 1.56 bits per heavy atom. The van der Waals surface area contributed by atoms with Crippen molar-refractivity contribution in [2.75, 3.05) is 41.9 Å². The molecule has 14 heteroatoms. The Morgan fingerprint density at radius 1 is 0.758 bits per heavy atom. The molecule has 0 saturated heterocycles. The number of esters is 3. The predicted molar refractivity (Wildman–Crippen MR) is 258 cm³/mol. The molecule has 0 aromatic rings.